The Kier molecular flexibility index (Phi) is 2.53. The Morgan fingerprint density at radius 3 is 2.92 bits per heavy atom. The highest BCUT2D eigenvalue weighted by molar-refractivity contribution is 5.72. The minimum absolute atomic E-state index is 0.268. The number of ether oxygens (including phenoxy) is 1. The monoisotopic (exact) mass is 166 g/mol. The molecule has 0 aliphatic heterocycles. The van der Waals surface area contributed by atoms with Gasteiger partial charge in [0.15, 0.2) is 6.20 Å². The fraction of sp³-hybridized carbons (Fsp3) is 0.125. The molecule has 1 heterocycles. The van der Waals surface area contributed by atoms with E-state index in [4.69, 9.17) is 0 Å². The average Bonchev–Trinajstić information content (AvgIpc) is 2.16. The normalized spacial score (nSPS) is 9.08. The SMILES string of the molecule is COC(=O)[n+]1ccccc1C=O. The van der Waals surface area contributed by atoms with Crippen LogP contribution in [0.2, 0.25) is 0 Å². The van der Waals surface area contributed by atoms with E-state index in [0.29, 0.717) is 6.29 Å². The van der Waals surface area contributed by atoms with Crippen LogP contribution >= 0.6 is 0 Å². The lowest BCUT2D eigenvalue weighted by atomic mass is 10.4. The van der Waals surface area contributed by atoms with Crippen LogP contribution in [0.1, 0.15) is 10.5 Å². The molecule has 12 heavy (non-hydrogen) atoms. The zero-order valence-electron chi connectivity index (χ0n) is 6.56. The van der Waals surface area contributed by atoms with E-state index in [-0.39, 0.29) is 5.69 Å². The molecule has 0 unspecified atom stereocenters. The van der Waals surface area contributed by atoms with Crippen molar-refractivity contribution in [3.05, 3.63) is 30.1 Å². The Morgan fingerprint density at radius 2 is 2.33 bits per heavy atom. The van der Waals surface area contributed by atoms with Crippen LogP contribution in [0.15, 0.2) is 24.4 Å². The maximum atomic E-state index is 11.0. The van der Waals surface area contributed by atoms with Gasteiger partial charge >= 0.3 is 6.09 Å². The summed E-state index contributed by atoms with van der Waals surface area (Å²) >= 11 is 0. The lowest BCUT2D eigenvalue weighted by molar-refractivity contribution is -0.586. The third-order valence-electron chi connectivity index (χ3n) is 1.38. The quantitative estimate of drug-likeness (QED) is 0.448. The molecule has 0 saturated heterocycles. The molecule has 0 aliphatic rings. The topological polar surface area (TPSA) is 47.2 Å². The second kappa shape index (κ2) is 3.61. The smallest absolute Gasteiger partial charge is 0.415 e. The minimum Gasteiger partial charge on any atom is -0.415 e. The van der Waals surface area contributed by atoms with E-state index in [1.807, 2.05) is 0 Å². The number of carbonyl (C=O) groups excluding carboxylic acids is 2. The number of hydrogen-bond acceptors (Lipinski definition) is 3. The number of carbonyl (C=O) groups is 2. The highest BCUT2D eigenvalue weighted by Gasteiger charge is 2.18. The maximum Gasteiger partial charge on any atom is 0.602 e. The number of hydrogen-bond donors (Lipinski definition) is 0. The zero-order valence-corrected chi connectivity index (χ0v) is 6.56. The van der Waals surface area contributed by atoms with Crippen molar-refractivity contribution in [1.29, 1.82) is 0 Å². The molecule has 0 radical (unpaired) electrons. The van der Waals surface area contributed by atoms with Gasteiger partial charge < -0.3 is 4.74 Å². The first-order chi connectivity index (χ1) is 5.79. The van der Waals surface area contributed by atoms with Gasteiger partial charge in [0.2, 0.25) is 6.29 Å². The molecule has 0 fully saturated rings. The lowest BCUT2D eigenvalue weighted by Gasteiger charge is -1.92. The Hall–Kier alpha value is -1.71. The van der Waals surface area contributed by atoms with Crippen molar-refractivity contribution in [1.82, 2.24) is 0 Å². The molecule has 1 rings (SSSR count). The molecule has 0 saturated carbocycles. The fourth-order valence-electron chi connectivity index (χ4n) is 0.817. The molecule has 1 aromatic heterocycles. The van der Waals surface area contributed by atoms with E-state index in [2.05, 4.69) is 4.74 Å². The molecule has 4 heteroatoms. The summed E-state index contributed by atoms with van der Waals surface area (Å²) in [5, 5.41) is 0. The molecule has 0 spiro atoms. The van der Waals surface area contributed by atoms with Crippen molar-refractivity contribution in [2.75, 3.05) is 7.11 Å². The molecule has 0 aliphatic carbocycles. The number of aldehydes is 1. The molecule has 0 atom stereocenters. The van der Waals surface area contributed by atoms with Crippen LogP contribution in [-0.4, -0.2) is 19.5 Å². The number of rotatable bonds is 1. The predicted molar refractivity (Wildman–Crippen MR) is 39.8 cm³/mol. The van der Waals surface area contributed by atoms with Crippen LogP contribution < -0.4 is 4.57 Å². The second-order valence-electron chi connectivity index (χ2n) is 2.08. The van der Waals surface area contributed by atoms with E-state index in [0.717, 1.165) is 4.57 Å². The zero-order chi connectivity index (χ0) is 8.97. The standard InChI is InChI=1S/C8H8NO3/c1-12-8(11)9-5-3-2-4-7(9)6-10/h2-6H,1H3/q+1. The van der Waals surface area contributed by atoms with Gasteiger partial charge in [-0.05, 0) is 6.07 Å². The summed E-state index contributed by atoms with van der Waals surface area (Å²) in [5.74, 6) is 0. The van der Waals surface area contributed by atoms with Gasteiger partial charge in [-0.15, -0.1) is 0 Å². The Bertz CT molecular complexity index is 309. The number of methoxy groups -OCH3 is 1. The first-order valence-corrected chi connectivity index (χ1v) is 3.33. The van der Waals surface area contributed by atoms with Crippen molar-refractivity contribution in [3.63, 3.8) is 0 Å². The van der Waals surface area contributed by atoms with Gasteiger partial charge in [0, 0.05) is 12.1 Å². The van der Waals surface area contributed by atoms with Crippen molar-refractivity contribution in [3.8, 4) is 0 Å². The molecule has 62 valence electrons. The predicted octanol–water partition coefficient (Wildman–Crippen LogP) is 0.401. The molecule has 1 aromatic rings. The molecular weight excluding hydrogens is 158 g/mol. The van der Waals surface area contributed by atoms with Crippen molar-refractivity contribution < 1.29 is 18.9 Å². The fourth-order valence-corrected chi connectivity index (χ4v) is 0.817. The molecule has 0 aromatic carbocycles. The maximum absolute atomic E-state index is 11.0. The van der Waals surface area contributed by atoms with Crippen LogP contribution in [0.5, 0.6) is 0 Å². The van der Waals surface area contributed by atoms with Crippen molar-refractivity contribution >= 4 is 12.4 Å². The van der Waals surface area contributed by atoms with Crippen molar-refractivity contribution in [2.45, 2.75) is 0 Å². The summed E-state index contributed by atoms with van der Waals surface area (Å²) in [6.45, 7) is 0. The van der Waals surface area contributed by atoms with Gasteiger partial charge in [-0.25, -0.2) is 0 Å². The van der Waals surface area contributed by atoms with Gasteiger partial charge in [0.05, 0.1) is 7.11 Å². The average molecular weight is 166 g/mol. The molecule has 4 nitrogen and oxygen atoms in total. The first kappa shape index (κ1) is 8.39. The Balaban J connectivity index is 3.13. The van der Waals surface area contributed by atoms with Crippen LogP contribution in [0, 0.1) is 0 Å². The largest absolute Gasteiger partial charge is 0.602 e. The number of aromatic nitrogens is 1. The lowest BCUT2D eigenvalue weighted by Crippen LogP contribution is -2.45. The number of pyridine rings is 1. The van der Waals surface area contributed by atoms with Crippen LogP contribution in [0.3, 0.4) is 0 Å². The van der Waals surface area contributed by atoms with E-state index >= 15 is 0 Å². The van der Waals surface area contributed by atoms with Crippen LogP contribution in [0.25, 0.3) is 0 Å². The summed E-state index contributed by atoms with van der Waals surface area (Å²) in [7, 11) is 1.26. The highest BCUT2D eigenvalue weighted by Crippen LogP contribution is 1.87. The first-order valence-electron chi connectivity index (χ1n) is 3.33. The van der Waals surface area contributed by atoms with Gasteiger partial charge in [0.1, 0.15) is 0 Å². The van der Waals surface area contributed by atoms with Crippen molar-refractivity contribution in [2.24, 2.45) is 0 Å². The van der Waals surface area contributed by atoms with Gasteiger partial charge in [0.25, 0.3) is 5.69 Å². The van der Waals surface area contributed by atoms with E-state index in [1.54, 1.807) is 12.1 Å². The Labute approximate surface area is 69.4 Å². The van der Waals surface area contributed by atoms with Crippen LogP contribution in [-0.2, 0) is 4.74 Å². The summed E-state index contributed by atoms with van der Waals surface area (Å²) in [5.41, 5.74) is 0.268. The molecule has 0 bridgehead atoms. The summed E-state index contributed by atoms with van der Waals surface area (Å²) in [6.07, 6.45) is 1.49. The third kappa shape index (κ3) is 1.47. The van der Waals surface area contributed by atoms with Gasteiger partial charge in [-0.2, -0.15) is 4.79 Å². The highest BCUT2D eigenvalue weighted by atomic mass is 16.5. The second-order valence-corrected chi connectivity index (χ2v) is 2.08. The van der Waals surface area contributed by atoms with Gasteiger partial charge in [-0.1, -0.05) is 4.57 Å². The van der Waals surface area contributed by atoms with Crippen LogP contribution in [0.4, 0.5) is 4.79 Å². The minimum atomic E-state index is -0.572. The summed E-state index contributed by atoms with van der Waals surface area (Å²) < 4.78 is 5.58. The molecule has 0 N–H and O–H groups in total. The van der Waals surface area contributed by atoms with E-state index in [9.17, 15) is 9.59 Å². The van der Waals surface area contributed by atoms with Gasteiger partial charge in [-0.3, -0.25) is 4.79 Å². The number of nitrogens with zero attached hydrogens (tertiary/aromatic N) is 1. The summed E-state index contributed by atoms with van der Waals surface area (Å²) in [4.78, 5) is 21.4. The Morgan fingerprint density at radius 1 is 1.58 bits per heavy atom. The van der Waals surface area contributed by atoms with E-state index in [1.165, 1.54) is 19.4 Å². The molecule has 0 amide bonds. The third-order valence-corrected chi connectivity index (χ3v) is 1.38. The molecular formula is C8H8NO3+. The van der Waals surface area contributed by atoms with E-state index < -0.39 is 6.09 Å². The summed E-state index contributed by atoms with van der Waals surface area (Å²) in [6, 6.07) is 4.84.